The lowest BCUT2D eigenvalue weighted by molar-refractivity contribution is -0.144. The molecule has 0 aliphatic rings. The highest BCUT2D eigenvalue weighted by atomic mass is 32.1. The molecule has 1 rings (SSSR count). The number of benzene rings is 1. The molecule has 16 heavy (non-hydrogen) atoms. The highest BCUT2D eigenvalue weighted by Crippen LogP contribution is 2.09. The summed E-state index contributed by atoms with van der Waals surface area (Å²) < 4.78 is 9.76. The minimum absolute atomic E-state index is 0.279. The minimum Gasteiger partial charge on any atom is -0.462 e. The molecule has 88 valence electrons. The average molecular weight is 240 g/mol. The normalized spacial score (nSPS) is 12.1. The van der Waals surface area contributed by atoms with Crippen LogP contribution in [0.2, 0.25) is 0 Å². The second-order valence-corrected chi connectivity index (χ2v) is 3.99. The lowest BCUT2D eigenvalue weighted by atomic mass is 10.1. The molecule has 1 atom stereocenters. The molecule has 0 spiro atoms. The van der Waals surface area contributed by atoms with E-state index in [1.165, 1.54) is 0 Å². The number of hydrogen-bond acceptors (Lipinski definition) is 4. The highest BCUT2D eigenvalue weighted by molar-refractivity contribution is 7.81. The number of carbonyl (C=O) groups excluding carboxylic acids is 1. The summed E-state index contributed by atoms with van der Waals surface area (Å²) in [6, 6.07) is 9.74. The molecule has 0 radical (unpaired) electrons. The van der Waals surface area contributed by atoms with Gasteiger partial charge in [-0.05, 0) is 12.0 Å². The summed E-state index contributed by atoms with van der Waals surface area (Å²) >= 11 is 4.22. The van der Waals surface area contributed by atoms with Crippen molar-refractivity contribution in [3.63, 3.8) is 0 Å². The lowest BCUT2D eigenvalue weighted by Gasteiger charge is -2.10. The van der Waals surface area contributed by atoms with Gasteiger partial charge in [0.25, 0.3) is 0 Å². The van der Waals surface area contributed by atoms with Crippen LogP contribution in [0.5, 0.6) is 0 Å². The molecule has 1 unspecified atom stereocenters. The fourth-order valence-electron chi connectivity index (χ4n) is 1.24. The third-order valence-electron chi connectivity index (χ3n) is 2.08. The smallest absolute Gasteiger partial charge is 0.319 e. The standard InChI is InChI=1S/C12H16O3S/c1-14-7-8-15-12(13)11(16)9-10-5-3-2-4-6-10/h2-6,11,16H,7-9H2,1H3. The van der Waals surface area contributed by atoms with Gasteiger partial charge in [-0.1, -0.05) is 30.3 Å². The Balaban J connectivity index is 2.34. The summed E-state index contributed by atoms with van der Waals surface area (Å²) in [7, 11) is 1.57. The van der Waals surface area contributed by atoms with Crippen molar-refractivity contribution in [1.82, 2.24) is 0 Å². The van der Waals surface area contributed by atoms with Gasteiger partial charge >= 0.3 is 5.97 Å². The van der Waals surface area contributed by atoms with Crippen LogP contribution in [0.15, 0.2) is 30.3 Å². The van der Waals surface area contributed by atoms with Crippen LogP contribution in [0.1, 0.15) is 5.56 Å². The summed E-state index contributed by atoms with van der Waals surface area (Å²) in [4.78, 5) is 11.5. The van der Waals surface area contributed by atoms with Crippen LogP contribution in [-0.2, 0) is 20.7 Å². The SMILES string of the molecule is COCCOC(=O)C(S)Cc1ccccc1. The zero-order valence-electron chi connectivity index (χ0n) is 9.26. The van der Waals surface area contributed by atoms with Crippen LogP contribution in [-0.4, -0.2) is 31.5 Å². The molecule has 0 fully saturated rings. The number of rotatable bonds is 6. The highest BCUT2D eigenvalue weighted by Gasteiger charge is 2.15. The maximum absolute atomic E-state index is 11.5. The van der Waals surface area contributed by atoms with Gasteiger partial charge in [0.1, 0.15) is 11.9 Å². The lowest BCUT2D eigenvalue weighted by Crippen LogP contribution is -2.22. The summed E-state index contributed by atoms with van der Waals surface area (Å²) in [6.45, 7) is 0.693. The van der Waals surface area contributed by atoms with Crippen LogP contribution >= 0.6 is 12.6 Å². The Morgan fingerprint density at radius 2 is 2.00 bits per heavy atom. The van der Waals surface area contributed by atoms with Crippen molar-refractivity contribution in [1.29, 1.82) is 0 Å². The average Bonchev–Trinajstić information content (AvgIpc) is 2.30. The van der Waals surface area contributed by atoms with E-state index in [9.17, 15) is 4.79 Å². The van der Waals surface area contributed by atoms with Crippen LogP contribution in [0, 0.1) is 0 Å². The summed E-state index contributed by atoms with van der Waals surface area (Å²) in [5.41, 5.74) is 1.08. The fourth-order valence-corrected chi connectivity index (χ4v) is 1.53. The molecular weight excluding hydrogens is 224 g/mol. The molecule has 4 heteroatoms. The van der Waals surface area contributed by atoms with Crippen LogP contribution in [0.4, 0.5) is 0 Å². The first-order chi connectivity index (χ1) is 7.74. The van der Waals surface area contributed by atoms with E-state index >= 15 is 0 Å². The van der Waals surface area contributed by atoms with Crippen molar-refractivity contribution in [2.75, 3.05) is 20.3 Å². The molecule has 0 amide bonds. The fraction of sp³-hybridized carbons (Fsp3) is 0.417. The van der Waals surface area contributed by atoms with E-state index in [1.807, 2.05) is 30.3 Å². The number of hydrogen-bond donors (Lipinski definition) is 1. The number of thiol groups is 1. The van der Waals surface area contributed by atoms with Gasteiger partial charge in [0.2, 0.25) is 0 Å². The van der Waals surface area contributed by atoms with Crippen molar-refractivity contribution < 1.29 is 14.3 Å². The third kappa shape index (κ3) is 4.68. The Morgan fingerprint density at radius 1 is 1.31 bits per heavy atom. The van der Waals surface area contributed by atoms with Crippen molar-refractivity contribution in [3.8, 4) is 0 Å². The first kappa shape index (κ1) is 13.1. The molecule has 0 saturated heterocycles. The summed E-state index contributed by atoms with van der Waals surface area (Å²) in [6.07, 6.45) is 0.579. The number of esters is 1. The predicted octanol–water partition coefficient (Wildman–Crippen LogP) is 1.72. The first-order valence-electron chi connectivity index (χ1n) is 5.11. The third-order valence-corrected chi connectivity index (χ3v) is 2.47. The van der Waals surface area contributed by atoms with Gasteiger partial charge in [0.15, 0.2) is 0 Å². The number of methoxy groups -OCH3 is 1. The number of ether oxygens (including phenoxy) is 2. The van der Waals surface area contributed by atoms with Crippen molar-refractivity contribution in [2.24, 2.45) is 0 Å². The molecule has 0 bridgehead atoms. The Bertz CT molecular complexity index is 313. The molecule has 0 aliphatic heterocycles. The van der Waals surface area contributed by atoms with Gasteiger partial charge in [-0.25, -0.2) is 0 Å². The Morgan fingerprint density at radius 3 is 2.62 bits per heavy atom. The Kier molecular flexibility index (Phi) is 5.96. The van der Waals surface area contributed by atoms with Gasteiger partial charge in [-0.3, -0.25) is 4.79 Å². The van der Waals surface area contributed by atoms with Crippen molar-refractivity contribution >= 4 is 18.6 Å². The largest absolute Gasteiger partial charge is 0.462 e. The molecule has 1 aromatic rings. The van der Waals surface area contributed by atoms with Crippen LogP contribution < -0.4 is 0 Å². The second kappa shape index (κ2) is 7.30. The van der Waals surface area contributed by atoms with Crippen molar-refractivity contribution in [3.05, 3.63) is 35.9 Å². The molecule has 0 aliphatic carbocycles. The van der Waals surface area contributed by atoms with Gasteiger partial charge in [0.05, 0.1) is 6.61 Å². The zero-order valence-corrected chi connectivity index (χ0v) is 10.2. The van der Waals surface area contributed by atoms with Gasteiger partial charge in [-0.2, -0.15) is 12.6 Å². The second-order valence-electron chi connectivity index (χ2n) is 3.37. The summed E-state index contributed by atoms with van der Waals surface area (Å²) in [5.74, 6) is -0.302. The molecular formula is C12H16O3S. The topological polar surface area (TPSA) is 35.5 Å². The summed E-state index contributed by atoms with van der Waals surface area (Å²) in [5, 5.41) is -0.417. The predicted molar refractivity (Wildman–Crippen MR) is 65.8 cm³/mol. The van der Waals surface area contributed by atoms with E-state index in [-0.39, 0.29) is 12.6 Å². The van der Waals surface area contributed by atoms with Gasteiger partial charge < -0.3 is 9.47 Å². The first-order valence-corrected chi connectivity index (χ1v) is 5.63. The van der Waals surface area contributed by atoms with E-state index in [2.05, 4.69) is 12.6 Å². The van der Waals surface area contributed by atoms with E-state index in [1.54, 1.807) is 7.11 Å². The molecule has 0 aromatic heterocycles. The maximum atomic E-state index is 11.5. The van der Waals surface area contributed by atoms with Gasteiger partial charge in [-0.15, -0.1) is 0 Å². The Hall–Kier alpha value is -1.00. The number of carbonyl (C=O) groups is 1. The maximum Gasteiger partial charge on any atom is 0.319 e. The molecule has 3 nitrogen and oxygen atoms in total. The van der Waals surface area contributed by atoms with E-state index < -0.39 is 5.25 Å². The van der Waals surface area contributed by atoms with Crippen LogP contribution in [0.3, 0.4) is 0 Å². The zero-order chi connectivity index (χ0) is 11.8. The molecule has 0 heterocycles. The Labute approximate surface area is 101 Å². The molecule has 0 saturated carbocycles. The minimum atomic E-state index is -0.417. The van der Waals surface area contributed by atoms with E-state index in [4.69, 9.17) is 9.47 Å². The molecule has 1 aromatic carbocycles. The van der Waals surface area contributed by atoms with Crippen molar-refractivity contribution in [2.45, 2.75) is 11.7 Å². The quantitative estimate of drug-likeness (QED) is 0.467. The molecule has 0 N–H and O–H groups in total. The van der Waals surface area contributed by atoms with Gasteiger partial charge in [0, 0.05) is 7.11 Å². The van der Waals surface area contributed by atoms with E-state index in [0.29, 0.717) is 13.0 Å². The monoisotopic (exact) mass is 240 g/mol. The van der Waals surface area contributed by atoms with E-state index in [0.717, 1.165) is 5.56 Å². The van der Waals surface area contributed by atoms with Crippen LogP contribution in [0.25, 0.3) is 0 Å².